The van der Waals surface area contributed by atoms with Crippen molar-refractivity contribution in [2.75, 3.05) is 13.1 Å². The van der Waals surface area contributed by atoms with Crippen molar-refractivity contribution in [2.24, 2.45) is 23.2 Å². The van der Waals surface area contributed by atoms with Crippen LogP contribution in [-0.2, 0) is 46.3 Å². The maximum absolute atomic E-state index is 14.5. The van der Waals surface area contributed by atoms with Crippen molar-refractivity contribution in [3.05, 3.63) is 48.0 Å². The highest BCUT2D eigenvalue weighted by Crippen LogP contribution is 2.65. The Morgan fingerprint density at radius 3 is 2.12 bits per heavy atom. The molecule has 4 amide bonds. The number of fused-ring (bicyclic) bond motifs is 2. The van der Waals surface area contributed by atoms with Gasteiger partial charge >= 0.3 is 12.1 Å². The molecule has 3 aliphatic rings. The summed E-state index contributed by atoms with van der Waals surface area (Å²) in [7, 11) is 0. The molecule has 1 aromatic carbocycles. The third-order valence-electron chi connectivity index (χ3n) is 9.80. The van der Waals surface area contributed by atoms with Gasteiger partial charge in [-0.25, -0.2) is 4.79 Å². The average Bonchev–Trinajstić information content (AvgIpc) is 3.36. The first-order chi connectivity index (χ1) is 23.2. The summed E-state index contributed by atoms with van der Waals surface area (Å²) >= 11 is 0. The highest BCUT2D eigenvalue weighted by molar-refractivity contribution is 6.38. The summed E-state index contributed by atoms with van der Waals surface area (Å²) < 4.78 is 10.8. The number of carbonyl (C=O) groups excluding carboxylic acids is 6. The zero-order valence-corrected chi connectivity index (χ0v) is 30.7. The summed E-state index contributed by atoms with van der Waals surface area (Å²) in [6, 6.07) is 4.87. The lowest BCUT2D eigenvalue weighted by molar-refractivity contribution is -0.154. The van der Waals surface area contributed by atoms with E-state index in [1.807, 2.05) is 38.1 Å². The number of piperidine rings is 1. The molecular formula is C38H54N4O8. The number of Topliss-reactive ketones (excluding diaryl/α,β-unsaturated/α-hetero) is 1. The van der Waals surface area contributed by atoms with Gasteiger partial charge in [-0.05, 0) is 102 Å². The Hall–Kier alpha value is -4.22. The molecule has 1 heterocycles. The van der Waals surface area contributed by atoms with Crippen LogP contribution in [0.2, 0.25) is 0 Å². The Kier molecular flexibility index (Phi) is 11.5. The van der Waals surface area contributed by atoms with Gasteiger partial charge in [0.15, 0.2) is 0 Å². The fourth-order valence-corrected chi connectivity index (χ4v) is 7.36. The number of esters is 1. The van der Waals surface area contributed by atoms with E-state index in [2.05, 4.69) is 22.5 Å². The van der Waals surface area contributed by atoms with Crippen LogP contribution in [0.15, 0.2) is 36.9 Å². The molecule has 2 fully saturated rings. The van der Waals surface area contributed by atoms with Crippen molar-refractivity contribution >= 4 is 35.6 Å². The molecule has 3 N–H and O–H groups in total. The first-order valence-corrected chi connectivity index (χ1v) is 17.6. The van der Waals surface area contributed by atoms with Crippen molar-refractivity contribution in [3.8, 4) is 0 Å². The van der Waals surface area contributed by atoms with Crippen LogP contribution < -0.4 is 16.0 Å². The van der Waals surface area contributed by atoms with Crippen molar-refractivity contribution < 1.29 is 38.2 Å². The third kappa shape index (κ3) is 9.31. The number of hydrogen-bond donors (Lipinski definition) is 3. The fourth-order valence-electron chi connectivity index (χ4n) is 7.36. The Labute approximate surface area is 295 Å². The Bertz CT molecular complexity index is 1480. The number of nitrogens with one attached hydrogen (secondary N) is 3. The summed E-state index contributed by atoms with van der Waals surface area (Å²) in [5.41, 5.74) is 0.515. The molecule has 5 atom stereocenters. The van der Waals surface area contributed by atoms with Gasteiger partial charge in [0.05, 0.1) is 12.5 Å². The van der Waals surface area contributed by atoms with Crippen molar-refractivity contribution in [1.29, 1.82) is 0 Å². The highest BCUT2D eigenvalue weighted by Gasteiger charge is 2.69. The molecule has 0 spiro atoms. The number of nitrogens with zero attached hydrogens (tertiary/aromatic N) is 1. The van der Waals surface area contributed by atoms with Gasteiger partial charge in [-0.1, -0.05) is 44.2 Å². The molecule has 0 aromatic heterocycles. The van der Waals surface area contributed by atoms with Gasteiger partial charge in [0.1, 0.15) is 23.3 Å². The number of carbonyl (C=O) groups is 6. The van der Waals surface area contributed by atoms with E-state index in [0.717, 1.165) is 11.1 Å². The van der Waals surface area contributed by atoms with Gasteiger partial charge in [-0.2, -0.15) is 0 Å². The van der Waals surface area contributed by atoms with Crippen molar-refractivity contribution in [2.45, 2.75) is 117 Å². The third-order valence-corrected chi connectivity index (χ3v) is 9.80. The number of ether oxygens (including phenoxy) is 2. The second-order valence-electron chi connectivity index (χ2n) is 16.3. The number of likely N-dealkylation sites (tertiary alicyclic amines) is 1. The van der Waals surface area contributed by atoms with E-state index in [1.54, 1.807) is 47.6 Å². The van der Waals surface area contributed by atoms with Crippen LogP contribution in [0.25, 0.3) is 0 Å². The minimum Gasteiger partial charge on any atom is -0.460 e. The molecular weight excluding hydrogens is 640 g/mol. The van der Waals surface area contributed by atoms with Gasteiger partial charge in [0.25, 0.3) is 5.91 Å². The topological polar surface area (TPSA) is 160 Å². The quantitative estimate of drug-likeness (QED) is 0.160. The molecule has 2 aliphatic carbocycles. The van der Waals surface area contributed by atoms with E-state index in [1.165, 1.54) is 4.90 Å². The van der Waals surface area contributed by atoms with E-state index >= 15 is 0 Å². The van der Waals surface area contributed by atoms with Crippen molar-refractivity contribution in [1.82, 2.24) is 20.9 Å². The lowest BCUT2D eigenvalue weighted by Gasteiger charge is -2.35. The summed E-state index contributed by atoms with van der Waals surface area (Å²) in [4.78, 5) is 81.6. The number of ketones is 1. The van der Waals surface area contributed by atoms with Crippen LogP contribution in [0, 0.1) is 23.2 Å². The summed E-state index contributed by atoms with van der Waals surface area (Å²) in [5, 5.41) is 8.09. The van der Waals surface area contributed by atoms with Crippen LogP contribution >= 0.6 is 0 Å². The van der Waals surface area contributed by atoms with E-state index in [0.29, 0.717) is 25.8 Å². The van der Waals surface area contributed by atoms with Gasteiger partial charge < -0.3 is 30.3 Å². The molecule has 0 radical (unpaired) electrons. The molecule has 274 valence electrons. The summed E-state index contributed by atoms with van der Waals surface area (Å²) in [5.74, 6) is -3.62. The largest absolute Gasteiger partial charge is 0.460 e. The Morgan fingerprint density at radius 2 is 1.56 bits per heavy atom. The van der Waals surface area contributed by atoms with Crippen LogP contribution in [-0.4, -0.2) is 82.9 Å². The van der Waals surface area contributed by atoms with Gasteiger partial charge in [0.2, 0.25) is 17.6 Å². The van der Waals surface area contributed by atoms with Gasteiger partial charge in [-0.15, -0.1) is 6.58 Å². The number of amides is 4. The second kappa shape index (κ2) is 14.9. The lowest BCUT2D eigenvalue weighted by atomic mass is 9.93. The highest BCUT2D eigenvalue weighted by atomic mass is 16.6. The van der Waals surface area contributed by atoms with E-state index < -0.39 is 59.0 Å². The maximum atomic E-state index is 14.5. The second-order valence-corrected chi connectivity index (χ2v) is 16.3. The van der Waals surface area contributed by atoms with E-state index in [-0.39, 0.29) is 48.5 Å². The number of hydrogen-bond acceptors (Lipinski definition) is 8. The summed E-state index contributed by atoms with van der Waals surface area (Å²) in [6.45, 7) is 18.4. The normalized spacial score (nSPS) is 21.9. The first-order valence-electron chi connectivity index (χ1n) is 17.6. The Morgan fingerprint density at radius 1 is 0.960 bits per heavy atom. The predicted octanol–water partition coefficient (Wildman–Crippen LogP) is 3.65. The summed E-state index contributed by atoms with van der Waals surface area (Å²) in [6.07, 6.45) is 2.36. The molecule has 1 aromatic rings. The smallest absolute Gasteiger partial charge is 0.408 e. The first kappa shape index (κ1) is 38.6. The number of benzene rings is 1. The zero-order chi connectivity index (χ0) is 37.2. The van der Waals surface area contributed by atoms with Crippen LogP contribution in [0.5, 0.6) is 0 Å². The van der Waals surface area contributed by atoms with E-state index in [9.17, 15) is 28.8 Å². The molecule has 1 saturated heterocycles. The van der Waals surface area contributed by atoms with Crippen LogP contribution in [0.1, 0.15) is 85.8 Å². The molecule has 1 saturated carbocycles. The number of rotatable bonds is 13. The molecule has 4 rings (SSSR count). The molecule has 1 aliphatic heterocycles. The fraction of sp³-hybridized carbons (Fsp3) is 0.632. The molecule has 3 unspecified atom stereocenters. The van der Waals surface area contributed by atoms with Gasteiger partial charge in [-0.3, -0.25) is 24.0 Å². The molecule has 50 heavy (non-hydrogen) atoms. The van der Waals surface area contributed by atoms with Crippen LogP contribution in [0.3, 0.4) is 0 Å². The standard InChI is InChI=1S/C38H54N4O8/c1-10-11-16-26(31(44)33(46)39-18-17-27(43)49-36(2,3)4)40-32(45)30-28-25(38(28,8)9)21-42(30)34(47)29(41-35(48)50-37(5,6)7)24-19-22-14-12-13-15-23(22)20-24/h10,12-15,24-26,28-30H,1,11,16-21H2,2-9H3,(H,39,46)(H,40,45)(H,41,48)/t25?,26?,28?,29-,30-/m0/s1. The maximum Gasteiger partial charge on any atom is 0.408 e. The monoisotopic (exact) mass is 694 g/mol. The minimum atomic E-state index is -1.18. The zero-order valence-electron chi connectivity index (χ0n) is 30.7. The van der Waals surface area contributed by atoms with Gasteiger partial charge in [0, 0.05) is 13.1 Å². The van der Waals surface area contributed by atoms with Crippen LogP contribution in [0.4, 0.5) is 4.79 Å². The average molecular weight is 695 g/mol. The lowest BCUT2D eigenvalue weighted by Crippen LogP contribution is -2.59. The number of allylic oxidation sites excluding steroid dienone is 1. The molecule has 12 heteroatoms. The van der Waals surface area contributed by atoms with E-state index in [4.69, 9.17) is 9.47 Å². The molecule has 12 nitrogen and oxygen atoms in total. The number of alkyl carbamates (subject to hydrolysis) is 1. The minimum absolute atomic E-state index is 0.0450. The SMILES string of the molecule is C=CCCC(NC(=O)[C@@H]1C2C(CN1C(=O)[C@@H](NC(=O)OC(C)(C)C)C1Cc3ccccc3C1)C2(C)C)C(=O)C(=O)NCCC(=O)OC(C)(C)C. The Balaban J connectivity index is 1.52. The van der Waals surface area contributed by atoms with Crippen molar-refractivity contribution in [3.63, 3.8) is 0 Å². The predicted molar refractivity (Wildman–Crippen MR) is 187 cm³/mol. The molecule has 0 bridgehead atoms.